The normalized spacial score (nSPS) is 14.1. The Labute approximate surface area is 163 Å². The third kappa shape index (κ3) is 7.44. The summed E-state index contributed by atoms with van der Waals surface area (Å²) in [5, 5.41) is 8.52. The van der Waals surface area contributed by atoms with Crippen LogP contribution in [0.2, 0.25) is 0 Å². The molecule has 0 aliphatic heterocycles. The number of aryl methyl sites for hydroxylation is 1. The third-order valence-electron chi connectivity index (χ3n) is 4.34. The van der Waals surface area contributed by atoms with E-state index in [1.807, 2.05) is 31.3 Å². The van der Waals surface area contributed by atoms with E-state index in [4.69, 9.17) is 0 Å². The minimum atomic E-state index is 0.313. The first-order valence-corrected chi connectivity index (χ1v) is 10.7. The van der Waals surface area contributed by atoms with Crippen molar-refractivity contribution in [1.82, 2.24) is 14.3 Å². The summed E-state index contributed by atoms with van der Waals surface area (Å²) >= 11 is 1.84. The molecule has 6 heteroatoms. The molecule has 0 aromatic carbocycles. The molecule has 0 saturated carbocycles. The van der Waals surface area contributed by atoms with Crippen LogP contribution in [0.25, 0.3) is 0 Å². The van der Waals surface area contributed by atoms with Crippen molar-refractivity contribution in [2.75, 3.05) is 6.54 Å². The van der Waals surface area contributed by atoms with Crippen molar-refractivity contribution in [3.05, 3.63) is 23.8 Å². The summed E-state index contributed by atoms with van der Waals surface area (Å²) in [4.78, 5) is 9.13. The lowest BCUT2D eigenvalue weighted by Crippen LogP contribution is -2.29. The second-order valence-electron chi connectivity index (χ2n) is 6.66. The zero-order valence-corrected chi connectivity index (χ0v) is 17.9. The van der Waals surface area contributed by atoms with Gasteiger partial charge in [0.25, 0.3) is 0 Å². The molecule has 0 aliphatic carbocycles. The summed E-state index contributed by atoms with van der Waals surface area (Å²) in [6.45, 7) is 15.4. The first-order valence-electron chi connectivity index (χ1n) is 9.82. The zero-order valence-electron chi connectivity index (χ0n) is 17.1. The van der Waals surface area contributed by atoms with Crippen molar-refractivity contribution in [2.45, 2.75) is 84.3 Å². The highest BCUT2D eigenvalue weighted by molar-refractivity contribution is 7.98. The van der Waals surface area contributed by atoms with E-state index in [-0.39, 0.29) is 0 Å². The summed E-state index contributed by atoms with van der Waals surface area (Å²) in [6.07, 6.45) is 10.4. The van der Waals surface area contributed by atoms with Gasteiger partial charge in [-0.25, -0.2) is 9.97 Å². The van der Waals surface area contributed by atoms with Crippen LogP contribution < -0.4 is 0 Å². The van der Waals surface area contributed by atoms with E-state index in [2.05, 4.69) is 58.9 Å². The number of unbranched alkanes of at least 4 members (excludes halogenated alkanes) is 2. The average Bonchev–Trinajstić information content (AvgIpc) is 2.63. The van der Waals surface area contributed by atoms with E-state index >= 15 is 0 Å². The van der Waals surface area contributed by atoms with E-state index in [1.165, 1.54) is 12.8 Å². The van der Waals surface area contributed by atoms with Gasteiger partial charge in [0.1, 0.15) is 11.7 Å². The SMILES string of the molecule is C=N/N=C(/CCCCC)N(CCC)SC(C)C(CC)c1ncc(C)cn1. The zero-order chi connectivity index (χ0) is 19.4. The summed E-state index contributed by atoms with van der Waals surface area (Å²) < 4.78 is 2.31. The van der Waals surface area contributed by atoms with Crippen molar-refractivity contribution < 1.29 is 0 Å². The first kappa shape index (κ1) is 22.6. The lowest BCUT2D eigenvalue weighted by Gasteiger charge is -2.30. The molecule has 0 saturated heterocycles. The highest BCUT2D eigenvalue weighted by Gasteiger charge is 2.24. The Hall–Kier alpha value is -1.43. The molecule has 1 rings (SSSR count). The maximum absolute atomic E-state index is 4.56. The standard InChI is InChI=1S/C20H35N5S/c1-7-10-11-12-19(24-21-6)25(13-8-2)26-17(5)18(9-3)20-22-14-16(4)15-23-20/h14-15,17-18H,6-13H2,1-5H3/b24-19-. The molecular weight excluding hydrogens is 342 g/mol. The lowest BCUT2D eigenvalue weighted by atomic mass is 10.0. The Morgan fingerprint density at radius 3 is 2.42 bits per heavy atom. The minimum Gasteiger partial charge on any atom is -0.302 e. The number of hydrogen-bond donors (Lipinski definition) is 0. The molecule has 1 aromatic rings. The van der Waals surface area contributed by atoms with Gasteiger partial charge in [-0.1, -0.05) is 40.5 Å². The lowest BCUT2D eigenvalue weighted by molar-refractivity contribution is 0.580. The predicted octanol–water partition coefficient (Wildman–Crippen LogP) is 5.62. The molecule has 2 unspecified atom stereocenters. The summed E-state index contributed by atoms with van der Waals surface area (Å²) in [6, 6.07) is 0. The van der Waals surface area contributed by atoms with Crippen LogP contribution in [0, 0.1) is 6.92 Å². The largest absolute Gasteiger partial charge is 0.302 e. The molecule has 0 bridgehead atoms. The minimum absolute atomic E-state index is 0.313. The van der Waals surface area contributed by atoms with E-state index in [0.29, 0.717) is 11.2 Å². The quantitative estimate of drug-likeness (QED) is 0.156. The van der Waals surface area contributed by atoms with Crippen LogP contribution in [0.15, 0.2) is 22.6 Å². The van der Waals surface area contributed by atoms with Crippen molar-refractivity contribution >= 4 is 24.5 Å². The fourth-order valence-electron chi connectivity index (χ4n) is 2.88. The molecule has 0 amide bonds. The highest BCUT2D eigenvalue weighted by atomic mass is 32.2. The van der Waals surface area contributed by atoms with Crippen LogP contribution in [-0.4, -0.2) is 38.6 Å². The van der Waals surface area contributed by atoms with Gasteiger partial charge in [-0.3, -0.25) is 0 Å². The van der Waals surface area contributed by atoms with Gasteiger partial charge in [0.2, 0.25) is 0 Å². The molecule has 146 valence electrons. The Bertz CT molecular complexity index is 544. The van der Waals surface area contributed by atoms with Crippen molar-refractivity contribution in [2.24, 2.45) is 10.2 Å². The van der Waals surface area contributed by atoms with Crippen LogP contribution in [0.4, 0.5) is 0 Å². The van der Waals surface area contributed by atoms with Gasteiger partial charge in [0, 0.05) is 43.2 Å². The van der Waals surface area contributed by atoms with Gasteiger partial charge in [0.15, 0.2) is 0 Å². The van der Waals surface area contributed by atoms with Gasteiger partial charge < -0.3 is 4.31 Å². The summed E-state index contributed by atoms with van der Waals surface area (Å²) in [5.41, 5.74) is 1.10. The smallest absolute Gasteiger partial charge is 0.137 e. The number of aromatic nitrogens is 2. The number of nitrogens with zero attached hydrogens (tertiary/aromatic N) is 5. The Balaban J connectivity index is 2.89. The van der Waals surface area contributed by atoms with Crippen LogP contribution in [0.1, 0.15) is 83.5 Å². The van der Waals surface area contributed by atoms with E-state index in [1.54, 1.807) is 0 Å². The second kappa shape index (κ2) is 12.8. The van der Waals surface area contributed by atoms with Gasteiger partial charge in [0.05, 0.1) is 0 Å². The Morgan fingerprint density at radius 1 is 1.19 bits per heavy atom. The molecule has 0 fully saturated rings. The topological polar surface area (TPSA) is 53.7 Å². The van der Waals surface area contributed by atoms with Gasteiger partial charge in [-0.05, 0) is 43.7 Å². The second-order valence-corrected chi connectivity index (χ2v) is 8.06. The molecule has 0 spiro atoms. The van der Waals surface area contributed by atoms with Crippen molar-refractivity contribution in [3.8, 4) is 0 Å². The molecule has 26 heavy (non-hydrogen) atoms. The first-order chi connectivity index (χ1) is 12.6. The van der Waals surface area contributed by atoms with Gasteiger partial charge in [-0.2, -0.15) is 5.10 Å². The highest BCUT2D eigenvalue weighted by Crippen LogP contribution is 2.32. The van der Waals surface area contributed by atoms with Crippen molar-refractivity contribution in [1.29, 1.82) is 0 Å². The molecule has 1 aromatic heterocycles. The maximum Gasteiger partial charge on any atom is 0.137 e. The van der Waals surface area contributed by atoms with Gasteiger partial charge in [-0.15, -0.1) is 5.10 Å². The number of amidine groups is 1. The van der Waals surface area contributed by atoms with Crippen LogP contribution in [-0.2, 0) is 0 Å². The predicted molar refractivity (Wildman–Crippen MR) is 115 cm³/mol. The molecule has 5 nitrogen and oxygen atoms in total. The molecule has 2 atom stereocenters. The van der Waals surface area contributed by atoms with E-state index in [9.17, 15) is 0 Å². The fraction of sp³-hybridized carbons (Fsp3) is 0.700. The molecule has 0 N–H and O–H groups in total. The third-order valence-corrected chi connectivity index (χ3v) is 5.65. The Morgan fingerprint density at radius 2 is 1.88 bits per heavy atom. The Kier molecular flexibility index (Phi) is 11.2. The van der Waals surface area contributed by atoms with Crippen LogP contribution >= 0.6 is 11.9 Å². The maximum atomic E-state index is 4.56. The van der Waals surface area contributed by atoms with E-state index < -0.39 is 0 Å². The summed E-state index contributed by atoms with van der Waals surface area (Å²) in [5.74, 6) is 2.28. The molecule has 1 heterocycles. The fourth-order valence-corrected chi connectivity index (χ4v) is 4.28. The van der Waals surface area contributed by atoms with Gasteiger partial charge >= 0.3 is 0 Å². The van der Waals surface area contributed by atoms with Crippen molar-refractivity contribution in [3.63, 3.8) is 0 Å². The number of hydrogen-bond acceptors (Lipinski definition) is 5. The molecular formula is C20H35N5S. The van der Waals surface area contributed by atoms with Crippen LogP contribution in [0.5, 0.6) is 0 Å². The molecule has 0 aliphatic rings. The number of rotatable bonds is 12. The monoisotopic (exact) mass is 377 g/mol. The summed E-state index contributed by atoms with van der Waals surface area (Å²) in [7, 11) is 0. The molecule has 0 radical (unpaired) electrons. The average molecular weight is 378 g/mol. The van der Waals surface area contributed by atoms with Crippen LogP contribution in [0.3, 0.4) is 0 Å². The van der Waals surface area contributed by atoms with E-state index in [0.717, 1.165) is 49.5 Å².